The van der Waals surface area contributed by atoms with E-state index in [1.165, 1.54) is 0 Å². The maximum absolute atomic E-state index is 10.4. The van der Waals surface area contributed by atoms with E-state index in [4.69, 9.17) is 11.6 Å². The van der Waals surface area contributed by atoms with Gasteiger partial charge < -0.3 is 15.7 Å². The van der Waals surface area contributed by atoms with Gasteiger partial charge in [-0.3, -0.25) is 4.99 Å². The molecule has 3 rings (SSSR count). The number of aliphatic hydroxyl groups excluding tert-OH is 1. The zero-order valence-electron chi connectivity index (χ0n) is 15.8. The van der Waals surface area contributed by atoms with E-state index < -0.39 is 6.10 Å². The summed E-state index contributed by atoms with van der Waals surface area (Å²) in [7, 11) is 0. The van der Waals surface area contributed by atoms with Gasteiger partial charge in [0, 0.05) is 36.0 Å². The summed E-state index contributed by atoms with van der Waals surface area (Å²) in [6.45, 7) is 5.83. The van der Waals surface area contributed by atoms with E-state index in [9.17, 15) is 5.11 Å². The third-order valence-electron chi connectivity index (χ3n) is 4.59. The highest BCUT2D eigenvalue weighted by Gasteiger charge is 2.22. The fourth-order valence-electron chi connectivity index (χ4n) is 3.16. The number of guanidine groups is 1. The molecule has 27 heavy (non-hydrogen) atoms. The first kappa shape index (κ1) is 19.6. The van der Waals surface area contributed by atoms with Crippen LogP contribution < -0.4 is 10.6 Å². The Labute approximate surface area is 164 Å². The lowest BCUT2D eigenvalue weighted by Gasteiger charge is -2.25. The quantitative estimate of drug-likeness (QED) is 0.519. The number of rotatable bonds is 6. The highest BCUT2D eigenvalue weighted by Crippen LogP contribution is 2.22. The standard InChI is InChI=1S/C19H27ClN6O/c1-3-17-24-18-10-9-13(12-26(18)25-17)23-19(21-4-2)22-11-16(27)14-7-5-6-8-15(14)20/h5-8,13,16,27H,3-4,9-12H2,1-2H3,(H2,21,22,23). The molecule has 3 N–H and O–H groups in total. The monoisotopic (exact) mass is 390 g/mol. The lowest BCUT2D eigenvalue weighted by atomic mass is 10.1. The van der Waals surface area contributed by atoms with Gasteiger partial charge >= 0.3 is 0 Å². The Hall–Kier alpha value is -2.12. The fraction of sp³-hybridized carbons (Fsp3) is 0.526. The fourth-order valence-corrected chi connectivity index (χ4v) is 3.42. The Kier molecular flexibility index (Phi) is 6.68. The number of hydrogen-bond donors (Lipinski definition) is 3. The smallest absolute Gasteiger partial charge is 0.191 e. The molecule has 146 valence electrons. The second-order valence-electron chi connectivity index (χ2n) is 6.62. The molecule has 1 aliphatic rings. The summed E-state index contributed by atoms with van der Waals surface area (Å²) in [5.41, 5.74) is 0.691. The molecule has 0 bridgehead atoms. The second kappa shape index (κ2) is 9.19. The highest BCUT2D eigenvalue weighted by atomic mass is 35.5. The third-order valence-corrected chi connectivity index (χ3v) is 4.93. The number of nitrogens with zero attached hydrogens (tertiary/aromatic N) is 4. The van der Waals surface area contributed by atoms with Crippen LogP contribution in [-0.2, 0) is 19.4 Å². The molecule has 2 heterocycles. The van der Waals surface area contributed by atoms with Crippen molar-refractivity contribution >= 4 is 17.6 Å². The van der Waals surface area contributed by atoms with E-state index in [0.29, 0.717) is 16.5 Å². The molecule has 0 spiro atoms. The van der Waals surface area contributed by atoms with Crippen molar-refractivity contribution in [2.75, 3.05) is 13.1 Å². The number of aliphatic hydroxyl groups is 1. The topological polar surface area (TPSA) is 87.4 Å². The average molecular weight is 391 g/mol. The first-order valence-corrected chi connectivity index (χ1v) is 9.88. The molecule has 0 saturated carbocycles. The molecule has 0 amide bonds. The van der Waals surface area contributed by atoms with Gasteiger partial charge in [0.15, 0.2) is 11.8 Å². The maximum atomic E-state index is 10.4. The summed E-state index contributed by atoms with van der Waals surface area (Å²) in [5.74, 6) is 2.64. The van der Waals surface area contributed by atoms with E-state index in [0.717, 1.165) is 44.0 Å². The molecule has 0 fully saturated rings. The van der Waals surface area contributed by atoms with Gasteiger partial charge in [-0.05, 0) is 19.4 Å². The predicted octanol–water partition coefficient (Wildman–Crippen LogP) is 2.10. The number of hydrogen-bond acceptors (Lipinski definition) is 4. The van der Waals surface area contributed by atoms with E-state index in [2.05, 4.69) is 32.6 Å². The van der Waals surface area contributed by atoms with Crippen LogP contribution in [0.3, 0.4) is 0 Å². The molecular weight excluding hydrogens is 364 g/mol. The molecule has 1 aliphatic heterocycles. The molecule has 0 aliphatic carbocycles. The lowest BCUT2D eigenvalue weighted by molar-refractivity contribution is 0.187. The third kappa shape index (κ3) is 4.99. The van der Waals surface area contributed by atoms with Crippen LogP contribution in [0, 0.1) is 0 Å². The van der Waals surface area contributed by atoms with E-state index in [-0.39, 0.29) is 12.6 Å². The largest absolute Gasteiger partial charge is 0.386 e. The summed E-state index contributed by atoms with van der Waals surface area (Å²) >= 11 is 6.16. The highest BCUT2D eigenvalue weighted by molar-refractivity contribution is 6.31. The predicted molar refractivity (Wildman–Crippen MR) is 107 cm³/mol. The summed E-state index contributed by atoms with van der Waals surface area (Å²) in [5, 5.41) is 22.2. The van der Waals surface area contributed by atoms with Crippen LogP contribution in [-0.4, -0.2) is 45.0 Å². The Morgan fingerprint density at radius 2 is 2.22 bits per heavy atom. The first-order chi connectivity index (χ1) is 13.1. The van der Waals surface area contributed by atoms with Crippen LogP contribution in [0.1, 0.15) is 43.6 Å². The zero-order valence-corrected chi connectivity index (χ0v) is 16.6. The molecule has 0 radical (unpaired) electrons. The number of nitrogens with one attached hydrogen (secondary N) is 2. The number of aromatic nitrogens is 3. The second-order valence-corrected chi connectivity index (χ2v) is 7.02. The maximum Gasteiger partial charge on any atom is 0.191 e. The molecule has 0 saturated heterocycles. The summed E-state index contributed by atoms with van der Waals surface area (Å²) in [6.07, 6.45) is 1.97. The SMILES string of the molecule is CCNC(=NCC(O)c1ccccc1Cl)NC1CCc2nc(CC)nn2C1. The van der Waals surface area contributed by atoms with Crippen molar-refractivity contribution in [1.29, 1.82) is 0 Å². The number of benzene rings is 1. The number of aryl methyl sites for hydroxylation is 2. The van der Waals surface area contributed by atoms with Crippen LogP contribution in [0.15, 0.2) is 29.3 Å². The Bertz CT molecular complexity index is 790. The minimum absolute atomic E-state index is 0.221. The van der Waals surface area contributed by atoms with Crippen molar-refractivity contribution < 1.29 is 5.11 Å². The van der Waals surface area contributed by atoms with Crippen molar-refractivity contribution in [2.24, 2.45) is 4.99 Å². The van der Waals surface area contributed by atoms with Crippen molar-refractivity contribution in [3.8, 4) is 0 Å². The van der Waals surface area contributed by atoms with Crippen molar-refractivity contribution in [2.45, 2.75) is 51.8 Å². The summed E-state index contributed by atoms with van der Waals surface area (Å²) in [4.78, 5) is 9.10. The molecule has 2 aromatic rings. The van der Waals surface area contributed by atoms with Gasteiger partial charge in [-0.25, -0.2) is 9.67 Å². The molecule has 2 atom stereocenters. The molecule has 7 nitrogen and oxygen atoms in total. The Morgan fingerprint density at radius 3 is 2.96 bits per heavy atom. The van der Waals surface area contributed by atoms with Crippen LogP contribution >= 0.6 is 11.6 Å². The average Bonchev–Trinajstić information content (AvgIpc) is 3.09. The van der Waals surface area contributed by atoms with Gasteiger partial charge in [0.2, 0.25) is 0 Å². The lowest BCUT2D eigenvalue weighted by Crippen LogP contribution is -2.47. The van der Waals surface area contributed by atoms with Crippen molar-refractivity contribution in [1.82, 2.24) is 25.4 Å². The molecule has 1 aromatic heterocycles. The number of aliphatic imine (C=N–C) groups is 1. The van der Waals surface area contributed by atoms with Crippen LogP contribution in [0.5, 0.6) is 0 Å². The van der Waals surface area contributed by atoms with E-state index >= 15 is 0 Å². The molecule has 8 heteroatoms. The normalized spacial score (nSPS) is 18.1. The zero-order chi connectivity index (χ0) is 19.2. The van der Waals surface area contributed by atoms with Gasteiger partial charge in [-0.15, -0.1) is 0 Å². The first-order valence-electron chi connectivity index (χ1n) is 9.50. The van der Waals surface area contributed by atoms with Gasteiger partial charge in [0.1, 0.15) is 11.9 Å². The van der Waals surface area contributed by atoms with Gasteiger partial charge in [-0.1, -0.05) is 36.7 Å². The Morgan fingerprint density at radius 1 is 1.41 bits per heavy atom. The minimum Gasteiger partial charge on any atom is -0.386 e. The molecular formula is C19H27ClN6O. The number of halogens is 1. The molecule has 1 aromatic carbocycles. The minimum atomic E-state index is -0.741. The van der Waals surface area contributed by atoms with Crippen molar-refractivity contribution in [3.63, 3.8) is 0 Å². The van der Waals surface area contributed by atoms with E-state index in [1.807, 2.05) is 29.8 Å². The van der Waals surface area contributed by atoms with Crippen molar-refractivity contribution in [3.05, 3.63) is 46.5 Å². The van der Waals surface area contributed by atoms with Crippen LogP contribution in [0.25, 0.3) is 0 Å². The van der Waals surface area contributed by atoms with Gasteiger partial charge in [0.25, 0.3) is 0 Å². The summed E-state index contributed by atoms with van der Waals surface area (Å²) < 4.78 is 1.99. The number of fused-ring (bicyclic) bond motifs is 1. The Balaban J connectivity index is 1.63. The van der Waals surface area contributed by atoms with Gasteiger partial charge in [-0.2, -0.15) is 5.10 Å². The van der Waals surface area contributed by atoms with E-state index in [1.54, 1.807) is 6.07 Å². The summed E-state index contributed by atoms with van der Waals surface area (Å²) in [6, 6.07) is 7.52. The van der Waals surface area contributed by atoms with Gasteiger partial charge in [0.05, 0.1) is 13.1 Å². The van der Waals surface area contributed by atoms with Crippen LogP contribution in [0.4, 0.5) is 0 Å². The molecule has 2 unspecified atom stereocenters. The van der Waals surface area contributed by atoms with Crippen LogP contribution in [0.2, 0.25) is 5.02 Å².